The van der Waals surface area contributed by atoms with Crippen molar-refractivity contribution in [1.82, 2.24) is 4.90 Å². The second-order valence-corrected chi connectivity index (χ2v) is 9.61. The Bertz CT molecular complexity index is 1320. The van der Waals surface area contributed by atoms with Gasteiger partial charge in [-0.25, -0.2) is 4.79 Å². The molecule has 2 N–H and O–H groups in total. The minimum Gasteiger partial charge on any atom is -0.508 e. The van der Waals surface area contributed by atoms with Crippen LogP contribution >= 0.6 is 0 Å². The van der Waals surface area contributed by atoms with E-state index in [1.807, 2.05) is 39.0 Å². The minimum absolute atomic E-state index is 0.0521. The first-order valence-electron chi connectivity index (χ1n) is 12.2. The highest BCUT2D eigenvalue weighted by Crippen LogP contribution is 2.28. The van der Waals surface area contributed by atoms with Crippen LogP contribution in [0.1, 0.15) is 55.6 Å². The zero-order valence-corrected chi connectivity index (χ0v) is 22.0. The summed E-state index contributed by atoms with van der Waals surface area (Å²) in [6, 6.07) is 10.4. The van der Waals surface area contributed by atoms with E-state index in [0.29, 0.717) is 46.9 Å². The zero-order valence-electron chi connectivity index (χ0n) is 22.0. The molecule has 0 aliphatic heterocycles. The molecule has 3 rings (SSSR count). The summed E-state index contributed by atoms with van der Waals surface area (Å²) in [5.41, 5.74) is 2.67. The summed E-state index contributed by atoms with van der Waals surface area (Å²) in [5.74, 6) is 0.334. The molecule has 0 aliphatic rings. The van der Waals surface area contributed by atoms with Gasteiger partial charge in [-0.1, -0.05) is 11.6 Å². The molecule has 0 saturated heterocycles. The van der Waals surface area contributed by atoms with Crippen molar-refractivity contribution in [1.29, 1.82) is 0 Å². The number of aryl methyl sites for hydroxylation is 1. The molecule has 0 bridgehead atoms. The average molecular weight is 493 g/mol. The number of carbonyl (C=O) groups is 1. The number of fused-ring (bicyclic) bond motifs is 1. The number of carbonyl (C=O) groups excluding carboxylic acids is 1. The van der Waals surface area contributed by atoms with Crippen molar-refractivity contribution in [2.45, 2.75) is 53.5 Å². The summed E-state index contributed by atoms with van der Waals surface area (Å²) < 4.78 is 11.5. The normalized spacial score (nSPS) is 11.2. The molecule has 0 fully saturated rings. The van der Waals surface area contributed by atoms with Crippen LogP contribution in [0.25, 0.3) is 11.0 Å². The molecule has 36 heavy (non-hydrogen) atoms. The van der Waals surface area contributed by atoms with Crippen molar-refractivity contribution in [3.63, 3.8) is 0 Å². The first-order chi connectivity index (χ1) is 17.1. The van der Waals surface area contributed by atoms with Gasteiger partial charge in [-0.3, -0.25) is 4.79 Å². The van der Waals surface area contributed by atoms with Gasteiger partial charge in [0, 0.05) is 29.1 Å². The number of phenolic OH excluding ortho intramolecular Hbond substituents is 1. The molecule has 2 aromatic carbocycles. The lowest BCUT2D eigenvalue weighted by Gasteiger charge is -2.20. The number of ether oxygens (including phenoxy) is 1. The summed E-state index contributed by atoms with van der Waals surface area (Å²) >= 11 is 0. The first kappa shape index (κ1) is 27.0. The fourth-order valence-electron chi connectivity index (χ4n) is 3.70. The van der Waals surface area contributed by atoms with Crippen LogP contribution in [0.3, 0.4) is 0 Å². The number of amides is 1. The lowest BCUT2D eigenvalue weighted by atomic mass is 10.0. The number of hydrogen-bond donors (Lipinski definition) is 2. The molecule has 1 heterocycles. The van der Waals surface area contributed by atoms with Crippen molar-refractivity contribution in [2.75, 3.05) is 25.5 Å². The highest BCUT2D eigenvalue weighted by molar-refractivity contribution is 6.05. The number of nitrogens with one attached hydrogen (secondary N) is 1. The lowest BCUT2D eigenvalue weighted by molar-refractivity contribution is 0.102. The highest BCUT2D eigenvalue weighted by atomic mass is 16.5. The van der Waals surface area contributed by atoms with Crippen LogP contribution in [-0.4, -0.2) is 42.2 Å². The van der Waals surface area contributed by atoms with E-state index in [2.05, 4.69) is 31.1 Å². The minimum atomic E-state index is -0.641. The molecule has 1 amide bonds. The smallest absolute Gasteiger partial charge is 0.360 e. The van der Waals surface area contributed by atoms with Crippen LogP contribution in [0, 0.1) is 6.92 Å². The van der Waals surface area contributed by atoms with Gasteiger partial charge in [0.15, 0.2) is 0 Å². The van der Waals surface area contributed by atoms with E-state index in [1.54, 1.807) is 12.1 Å². The van der Waals surface area contributed by atoms with Crippen LogP contribution in [0.2, 0.25) is 0 Å². The van der Waals surface area contributed by atoms with Gasteiger partial charge in [0.25, 0.3) is 5.91 Å². The van der Waals surface area contributed by atoms with E-state index < -0.39 is 11.5 Å². The average Bonchev–Trinajstić information content (AvgIpc) is 2.83. The van der Waals surface area contributed by atoms with Crippen molar-refractivity contribution < 1.29 is 19.1 Å². The topological polar surface area (TPSA) is 92.0 Å². The zero-order chi connectivity index (χ0) is 26.4. The van der Waals surface area contributed by atoms with Crippen molar-refractivity contribution in [2.24, 2.45) is 0 Å². The van der Waals surface area contributed by atoms with Gasteiger partial charge in [-0.15, -0.1) is 0 Å². The van der Waals surface area contributed by atoms with Gasteiger partial charge in [0.2, 0.25) is 0 Å². The maximum atomic E-state index is 12.8. The van der Waals surface area contributed by atoms with Gasteiger partial charge in [0.1, 0.15) is 22.8 Å². The number of nitrogens with zero attached hydrogens (tertiary/aromatic N) is 1. The molecule has 3 aromatic rings. The van der Waals surface area contributed by atoms with Crippen molar-refractivity contribution in [3.05, 3.63) is 75.2 Å². The number of anilines is 1. The third-order valence-electron chi connectivity index (χ3n) is 6.22. The van der Waals surface area contributed by atoms with Crippen LogP contribution in [0.15, 0.2) is 57.3 Å². The van der Waals surface area contributed by atoms with Gasteiger partial charge in [-0.2, -0.15) is 0 Å². The predicted molar refractivity (Wildman–Crippen MR) is 144 cm³/mol. The van der Waals surface area contributed by atoms with E-state index in [0.717, 1.165) is 24.1 Å². The molecule has 7 nitrogen and oxygen atoms in total. The second kappa shape index (κ2) is 11.9. The largest absolute Gasteiger partial charge is 0.508 e. The molecule has 0 aliphatic carbocycles. The molecular weight excluding hydrogens is 456 g/mol. The lowest BCUT2D eigenvalue weighted by Crippen LogP contribution is -2.28. The van der Waals surface area contributed by atoms with Gasteiger partial charge >= 0.3 is 5.63 Å². The Morgan fingerprint density at radius 2 is 1.94 bits per heavy atom. The highest BCUT2D eigenvalue weighted by Gasteiger charge is 2.15. The summed E-state index contributed by atoms with van der Waals surface area (Å²) in [5, 5.41) is 13.4. The summed E-state index contributed by atoms with van der Waals surface area (Å²) in [6.45, 7) is 11.6. The molecule has 0 unspecified atom stereocenters. The fraction of sp³-hybridized carbons (Fsp3) is 0.379. The SMILES string of the molecule is CC(C)=CCc1cc(C(=O)Nc2cc3ccc(OCCCN(C)C(C)C)c(C)c3oc2=O)ccc1O. The van der Waals surface area contributed by atoms with E-state index in [4.69, 9.17) is 9.15 Å². The standard InChI is InChI=1S/C29H36N2O5/c1-18(2)8-9-21-16-23(10-12-25(21)32)28(33)30-24-17-22-11-13-26(20(5)27(22)36-29(24)34)35-15-7-14-31(6)19(3)4/h8,10-13,16-17,19,32H,7,9,14-15H2,1-6H3,(H,30,33). The molecule has 0 atom stereocenters. The van der Waals surface area contributed by atoms with E-state index >= 15 is 0 Å². The Morgan fingerprint density at radius 3 is 2.64 bits per heavy atom. The predicted octanol–water partition coefficient (Wildman–Crippen LogP) is 5.68. The van der Waals surface area contributed by atoms with E-state index in [9.17, 15) is 14.7 Å². The molecule has 1 aromatic heterocycles. The number of allylic oxidation sites excluding steroid dienone is 2. The van der Waals surface area contributed by atoms with Gasteiger partial charge in [0.05, 0.1) is 6.61 Å². The third-order valence-corrected chi connectivity index (χ3v) is 6.22. The molecule has 0 saturated carbocycles. The summed E-state index contributed by atoms with van der Waals surface area (Å²) in [6.07, 6.45) is 3.36. The quantitative estimate of drug-likeness (QED) is 0.215. The molecule has 7 heteroatoms. The maximum absolute atomic E-state index is 12.8. The third kappa shape index (κ3) is 6.76. The van der Waals surface area contributed by atoms with Crippen molar-refractivity contribution >= 4 is 22.6 Å². The summed E-state index contributed by atoms with van der Waals surface area (Å²) in [7, 11) is 2.09. The Morgan fingerprint density at radius 1 is 1.19 bits per heavy atom. The monoisotopic (exact) mass is 492 g/mol. The number of rotatable bonds is 10. The Labute approximate surface area is 212 Å². The molecule has 0 radical (unpaired) electrons. The molecule has 0 spiro atoms. The molecule has 192 valence electrons. The number of hydrogen-bond acceptors (Lipinski definition) is 6. The number of aromatic hydroxyl groups is 1. The van der Waals surface area contributed by atoms with Crippen LogP contribution in [-0.2, 0) is 6.42 Å². The van der Waals surface area contributed by atoms with Gasteiger partial charge < -0.3 is 24.5 Å². The fourth-order valence-corrected chi connectivity index (χ4v) is 3.70. The number of phenols is 1. The summed E-state index contributed by atoms with van der Waals surface area (Å²) in [4.78, 5) is 27.8. The van der Waals surface area contributed by atoms with Crippen molar-refractivity contribution in [3.8, 4) is 11.5 Å². The Kier molecular flexibility index (Phi) is 8.93. The Balaban J connectivity index is 1.75. The molecular formula is C29H36N2O5. The Hall–Kier alpha value is -3.58. The van der Waals surface area contributed by atoms with E-state index in [-0.39, 0.29) is 11.4 Å². The van der Waals surface area contributed by atoms with Crippen LogP contribution < -0.4 is 15.7 Å². The van der Waals surface area contributed by atoms with Crippen LogP contribution in [0.5, 0.6) is 11.5 Å². The second-order valence-electron chi connectivity index (χ2n) is 9.61. The van der Waals surface area contributed by atoms with E-state index in [1.165, 1.54) is 12.1 Å². The number of benzene rings is 2. The van der Waals surface area contributed by atoms with Crippen LogP contribution in [0.4, 0.5) is 5.69 Å². The van der Waals surface area contributed by atoms with Gasteiger partial charge in [-0.05, 0) is 96.5 Å². The first-order valence-corrected chi connectivity index (χ1v) is 12.2. The maximum Gasteiger partial charge on any atom is 0.360 e.